The fourth-order valence-electron chi connectivity index (χ4n) is 2.06. The molecule has 0 bridgehead atoms. The average Bonchev–Trinajstić information content (AvgIpc) is 2.56. The molecule has 0 aliphatic heterocycles. The SMILES string of the molecule is CCOC(=O)[C@@](C)(OC(=O)c1ccccc1)c1ccccc1. The van der Waals surface area contributed by atoms with Gasteiger partial charge in [0.05, 0.1) is 12.2 Å². The molecule has 0 amide bonds. The minimum Gasteiger partial charge on any atom is -0.463 e. The first kappa shape index (κ1) is 15.8. The molecular weight excluding hydrogens is 280 g/mol. The van der Waals surface area contributed by atoms with Crippen LogP contribution < -0.4 is 0 Å². The van der Waals surface area contributed by atoms with E-state index in [4.69, 9.17) is 9.47 Å². The molecule has 2 rings (SSSR count). The van der Waals surface area contributed by atoms with E-state index in [-0.39, 0.29) is 6.61 Å². The first-order valence-electron chi connectivity index (χ1n) is 7.09. The fraction of sp³-hybridized carbons (Fsp3) is 0.222. The minimum absolute atomic E-state index is 0.212. The smallest absolute Gasteiger partial charge is 0.355 e. The molecule has 0 fully saturated rings. The highest BCUT2D eigenvalue weighted by atomic mass is 16.6. The molecule has 0 spiro atoms. The van der Waals surface area contributed by atoms with E-state index in [1.54, 1.807) is 68.4 Å². The van der Waals surface area contributed by atoms with Crippen molar-refractivity contribution in [1.29, 1.82) is 0 Å². The maximum atomic E-state index is 12.3. The van der Waals surface area contributed by atoms with Crippen LogP contribution in [0.15, 0.2) is 60.7 Å². The van der Waals surface area contributed by atoms with Crippen molar-refractivity contribution in [3.8, 4) is 0 Å². The molecule has 4 nitrogen and oxygen atoms in total. The van der Waals surface area contributed by atoms with Crippen molar-refractivity contribution in [1.82, 2.24) is 0 Å². The van der Waals surface area contributed by atoms with Crippen LogP contribution in [0.1, 0.15) is 29.8 Å². The van der Waals surface area contributed by atoms with Crippen LogP contribution in [-0.4, -0.2) is 18.5 Å². The third-order valence-electron chi connectivity index (χ3n) is 3.30. The van der Waals surface area contributed by atoms with E-state index in [1.165, 1.54) is 0 Å². The normalized spacial score (nSPS) is 13.0. The van der Waals surface area contributed by atoms with Gasteiger partial charge in [-0.1, -0.05) is 48.5 Å². The van der Waals surface area contributed by atoms with Crippen LogP contribution in [0, 0.1) is 0 Å². The van der Waals surface area contributed by atoms with Gasteiger partial charge in [0.1, 0.15) is 0 Å². The Morgan fingerprint density at radius 1 is 0.955 bits per heavy atom. The lowest BCUT2D eigenvalue weighted by Gasteiger charge is -2.27. The summed E-state index contributed by atoms with van der Waals surface area (Å²) in [5.74, 6) is -1.16. The zero-order valence-corrected chi connectivity index (χ0v) is 12.6. The van der Waals surface area contributed by atoms with E-state index in [2.05, 4.69) is 0 Å². The summed E-state index contributed by atoms with van der Waals surface area (Å²) in [6.07, 6.45) is 0. The molecule has 4 heteroatoms. The number of ether oxygens (including phenoxy) is 2. The summed E-state index contributed by atoms with van der Waals surface area (Å²) in [7, 11) is 0. The van der Waals surface area contributed by atoms with Crippen LogP contribution in [0.3, 0.4) is 0 Å². The van der Waals surface area contributed by atoms with Gasteiger partial charge in [-0.3, -0.25) is 0 Å². The fourth-order valence-corrected chi connectivity index (χ4v) is 2.06. The predicted molar refractivity (Wildman–Crippen MR) is 82.3 cm³/mol. The molecule has 2 aromatic rings. The number of benzene rings is 2. The average molecular weight is 298 g/mol. The molecule has 1 atom stereocenters. The van der Waals surface area contributed by atoms with Gasteiger partial charge >= 0.3 is 11.9 Å². The third-order valence-corrected chi connectivity index (χ3v) is 3.30. The number of carbonyl (C=O) groups is 2. The second-order valence-corrected chi connectivity index (χ2v) is 4.88. The zero-order valence-electron chi connectivity index (χ0n) is 12.6. The number of esters is 2. The van der Waals surface area contributed by atoms with Crippen molar-refractivity contribution in [2.45, 2.75) is 19.4 Å². The van der Waals surface area contributed by atoms with E-state index in [0.717, 1.165) is 0 Å². The number of carbonyl (C=O) groups excluding carboxylic acids is 2. The summed E-state index contributed by atoms with van der Waals surface area (Å²) in [6.45, 7) is 3.47. The van der Waals surface area contributed by atoms with Crippen molar-refractivity contribution in [3.05, 3.63) is 71.8 Å². The van der Waals surface area contributed by atoms with Gasteiger partial charge in [-0.2, -0.15) is 0 Å². The number of hydrogen-bond donors (Lipinski definition) is 0. The summed E-state index contributed by atoms with van der Waals surface area (Å²) in [5, 5.41) is 0. The number of hydrogen-bond acceptors (Lipinski definition) is 4. The Morgan fingerprint density at radius 2 is 1.50 bits per heavy atom. The van der Waals surface area contributed by atoms with E-state index in [9.17, 15) is 9.59 Å². The topological polar surface area (TPSA) is 52.6 Å². The van der Waals surface area contributed by atoms with Crippen LogP contribution in [0.2, 0.25) is 0 Å². The van der Waals surface area contributed by atoms with Gasteiger partial charge in [0.2, 0.25) is 5.60 Å². The lowest BCUT2D eigenvalue weighted by molar-refractivity contribution is -0.165. The molecule has 0 radical (unpaired) electrons. The first-order valence-corrected chi connectivity index (χ1v) is 7.09. The minimum atomic E-state index is -1.48. The Kier molecular flexibility index (Phi) is 4.94. The molecule has 0 heterocycles. The van der Waals surface area contributed by atoms with Crippen LogP contribution >= 0.6 is 0 Å². The molecule has 0 unspecified atom stereocenters. The maximum Gasteiger partial charge on any atom is 0.355 e. The molecular formula is C18H18O4. The maximum absolute atomic E-state index is 12.3. The zero-order chi connectivity index (χ0) is 16.0. The molecule has 0 aliphatic rings. The molecule has 0 saturated carbocycles. The summed E-state index contributed by atoms with van der Waals surface area (Å²) < 4.78 is 10.6. The standard InChI is InChI=1S/C18H18O4/c1-3-21-17(20)18(2,15-12-8-5-9-13-15)22-16(19)14-10-6-4-7-11-14/h4-13H,3H2,1-2H3/t18-/m0/s1. The largest absolute Gasteiger partial charge is 0.463 e. The lowest BCUT2D eigenvalue weighted by atomic mass is 9.95. The molecule has 0 saturated heterocycles. The van der Waals surface area contributed by atoms with E-state index in [1.807, 2.05) is 6.07 Å². The lowest BCUT2D eigenvalue weighted by Crippen LogP contribution is -2.39. The van der Waals surface area contributed by atoms with Crippen LogP contribution in [-0.2, 0) is 19.9 Å². The summed E-state index contributed by atoms with van der Waals surface area (Å²) in [4.78, 5) is 24.6. The molecule has 22 heavy (non-hydrogen) atoms. The quantitative estimate of drug-likeness (QED) is 0.795. The second kappa shape index (κ2) is 6.89. The molecule has 0 aliphatic carbocycles. The van der Waals surface area contributed by atoms with Crippen molar-refractivity contribution in [2.24, 2.45) is 0 Å². The van der Waals surface area contributed by atoms with Crippen molar-refractivity contribution < 1.29 is 19.1 Å². The highest BCUT2D eigenvalue weighted by molar-refractivity contribution is 5.93. The van der Waals surface area contributed by atoms with E-state index >= 15 is 0 Å². The van der Waals surface area contributed by atoms with Crippen molar-refractivity contribution in [2.75, 3.05) is 6.61 Å². The molecule has 0 aromatic heterocycles. The van der Waals surface area contributed by atoms with E-state index in [0.29, 0.717) is 11.1 Å². The molecule has 2 aromatic carbocycles. The van der Waals surface area contributed by atoms with Gasteiger partial charge < -0.3 is 9.47 Å². The Bertz CT molecular complexity index is 637. The Hall–Kier alpha value is -2.62. The number of rotatable bonds is 5. The van der Waals surface area contributed by atoms with Crippen LogP contribution in [0.5, 0.6) is 0 Å². The Morgan fingerprint density at radius 3 is 2.05 bits per heavy atom. The predicted octanol–water partition coefficient (Wildman–Crippen LogP) is 3.32. The summed E-state index contributed by atoms with van der Waals surface area (Å²) in [5.41, 5.74) is -0.531. The van der Waals surface area contributed by atoms with E-state index < -0.39 is 17.5 Å². The summed E-state index contributed by atoms with van der Waals surface area (Å²) in [6, 6.07) is 17.4. The van der Waals surface area contributed by atoms with Gasteiger partial charge in [-0.25, -0.2) is 9.59 Å². The van der Waals surface area contributed by atoms with Gasteiger partial charge in [0.25, 0.3) is 0 Å². The first-order chi connectivity index (χ1) is 10.6. The van der Waals surface area contributed by atoms with Gasteiger partial charge in [0.15, 0.2) is 0 Å². The highest BCUT2D eigenvalue weighted by Gasteiger charge is 2.41. The molecule has 0 N–H and O–H groups in total. The van der Waals surface area contributed by atoms with Crippen molar-refractivity contribution >= 4 is 11.9 Å². The summed E-state index contributed by atoms with van der Waals surface area (Å²) >= 11 is 0. The van der Waals surface area contributed by atoms with Gasteiger partial charge in [0, 0.05) is 5.56 Å². The van der Waals surface area contributed by atoms with Crippen LogP contribution in [0.4, 0.5) is 0 Å². The van der Waals surface area contributed by atoms with Gasteiger partial charge in [-0.15, -0.1) is 0 Å². The molecule has 114 valence electrons. The Balaban J connectivity index is 2.33. The third kappa shape index (κ3) is 3.34. The highest BCUT2D eigenvalue weighted by Crippen LogP contribution is 2.28. The van der Waals surface area contributed by atoms with Gasteiger partial charge in [-0.05, 0) is 26.0 Å². The van der Waals surface area contributed by atoms with Crippen molar-refractivity contribution in [3.63, 3.8) is 0 Å². The second-order valence-electron chi connectivity index (χ2n) is 4.88. The Labute approximate surface area is 129 Å². The van der Waals surface area contributed by atoms with Crippen LogP contribution in [0.25, 0.3) is 0 Å². The monoisotopic (exact) mass is 298 g/mol.